The highest BCUT2D eigenvalue weighted by Crippen LogP contribution is 2.25. The first-order valence-electron chi connectivity index (χ1n) is 8.66. The Morgan fingerprint density at radius 3 is 2.81 bits per heavy atom. The number of aliphatic carboxylic acids is 1. The van der Waals surface area contributed by atoms with Gasteiger partial charge in [-0.05, 0) is 13.1 Å². The molecular formula is C19H21N5O2. The van der Waals surface area contributed by atoms with Crippen molar-refractivity contribution >= 4 is 11.7 Å². The summed E-state index contributed by atoms with van der Waals surface area (Å²) in [4.78, 5) is 24.7. The lowest BCUT2D eigenvalue weighted by Crippen LogP contribution is -2.54. The Morgan fingerprint density at radius 1 is 1.23 bits per heavy atom. The Hall–Kier alpha value is -2.77. The SMILES string of the molecule is CN1CCN(Cc2c(-c3ccccc3)nc3ncccn23)C[C@H]1C(=O)O. The molecule has 7 heteroatoms. The fraction of sp³-hybridized carbons (Fsp3) is 0.316. The van der Waals surface area contributed by atoms with Gasteiger partial charge in [-0.25, -0.2) is 9.97 Å². The van der Waals surface area contributed by atoms with Crippen LogP contribution in [0.1, 0.15) is 5.69 Å². The second-order valence-corrected chi connectivity index (χ2v) is 6.63. The second kappa shape index (κ2) is 6.86. The molecule has 7 nitrogen and oxygen atoms in total. The zero-order chi connectivity index (χ0) is 18.1. The molecule has 0 bridgehead atoms. The van der Waals surface area contributed by atoms with Gasteiger partial charge in [0.1, 0.15) is 6.04 Å². The summed E-state index contributed by atoms with van der Waals surface area (Å²) in [6.45, 7) is 2.68. The second-order valence-electron chi connectivity index (χ2n) is 6.63. The first-order valence-corrected chi connectivity index (χ1v) is 8.66. The molecular weight excluding hydrogens is 330 g/mol. The normalized spacial score (nSPS) is 19.0. The fourth-order valence-electron chi connectivity index (χ4n) is 3.47. The number of hydrogen-bond donors (Lipinski definition) is 1. The Labute approximate surface area is 151 Å². The predicted octanol–water partition coefficient (Wildman–Crippen LogP) is 1.60. The number of benzene rings is 1. The minimum atomic E-state index is -0.778. The van der Waals surface area contributed by atoms with Crippen LogP contribution in [0, 0.1) is 0 Å². The Kier molecular flexibility index (Phi) is 4.40. The van der Waals surface area contributed by atoms with Crippen LogP contribution >= 0.6 is 0 Å². The van der Waals surface area contributed by atoms with Crippen molar-refractivity contribution in [1.29, 1.82) is 0 Å². The van der Waals surface area contributed by atoms with Crippen molar-refractivity contribution in [2.45, 2.75) is 12.6 Å². The number of carbonyl (C=O) groups is 1. The zero-order valence-corrected chi connectivity index (χ0v) is 14.6. The predicted molar refractivity (Wildman–Crippen MR) is 97.8 cm³/mol. The van der Waals surface area contributed by atoms with E-state index >= 15 is 0 Å². The van der Waals surface area contributed by atoms with E-state index in [0.717, 1.165) is 30.0 Å². The third-order valence-electron chi connectivity index (χ3n) is 4.94. The van der Waals surface area contributed by atoms with Gasteiger partial charge in [0.25, 0.3) is 0 Å². The van der Waals surface area contributed by atoms with E-state index in [-0.39, 0.29) is 0 Å². The van der Waals surface area contributed by atoms with E-state index < -0.39 is 12.0 Å². The van der Waals surface area contributed by atoms with E-state index in [1.165, 1.54) is 0 Å². The first-order chi connectivity index (χ1) is 12.6. The molecule has 134 valence electrons. The van der Waals surface area contributed by atoms with Crippen molar-refractivity contribution in [1.82, 2.24) is 24.2 Å². The Bertz CT molecular complexity index is 924. The molecule has 0 amide bonds. The van der Waals surface area contributed by atoms with E-state index in [9.17, 15) is 9.90 Å². The van der Waals surface area contributed by atoms with Gasteiger partial charge in [0.05, 0.1) is 11.4 Å². The van der Waals surface area contributed by atoms with Crippen LogP contribution in [0.25, 0.3) is 17.0 Å². The number of nitrogens with zero attached hydrogens (tertiary/aromatic N) is 5. The summed E-state index contributed by atoms with van der Waals surface area (Å²) < 4.78 is 2.00. The standard InChI is InChI=1S/C19H21N5O2/c1-22-10-11-23(13-16(22)18(25)26)12-15-17(14-6-3-2-4-7-14)21-19-20-8-5-9-24(15)19/h2-9,16H,10-13H2,1H3,(H,25,26)/t16-/m0/s1. The van der Waals surface area contributed by atoms with Crippen molar-refractivity contribution in [3.8, 4) is 11.3 Å². The largest absolute Gasteiger partial charge is 0.480 e. The number of piperazine rings is 1. The van der Waals surface area contributed by atoms with Gasteiger partial charge in [-0.15, -0.1) is 0 Å². The average molecular weight is 351 g/mol. The van der Waals surface area contributed by atoms with Crippen molar-refractivity contribution in [3.05, 3.63) is 54.5 Å². The van der Waals surface area contributed by atoms with Crippen LogP contribution in [-0.2, 0) is 11.3 Å². The number of carboxylic acids is 1. The molecule has 1 aliphatic rings. The smallest absolute Gasteiger partial charge is 0.322 e. The van der Waals surface area contributed by atoms with Gasteiger partial charge >= 0.3 is 5.97 Å². The number of aromatic nitrogens is 3. The molecule has 1 aromatic carbocycles. The lowest BCUT2D eigenvalue weighted by atomic mass is 10.1. The molecule has 0 aliphatic carbocycles. The Balaban J connectivity index is 1.71. The maximum Gasteiger partial charge on any atom is 0.322 e. The zero-order valence-electron chi connectivity index (χ0n) is 14.6. The number of fused-ring (bicyclic) bond motifs is 1. The number of hydrogen-bond acceptors (Lipinski definition) is 5. The molecule has 4 rings (SSSR count). The fourth-order valence-corrected chi connectivity index (χ4v) is 3.47. The third-order valence-corrected chi connectivity index (χ3v) is 4.94. The monoisotopic (exact) mass is 351 g/mol. The van der Waals surface area contributed by atoms with E-state index in [0.29, 0.717) is 18.9 Å². The molecule has 0 spiro atoms. The summed E-state index contributed by atoms with van der Waals surface area (Å²) in [5, 5.41) is 9.46. The molecule has 1 aliphatic heterocycles. The van der Waals surface area contributed by atoms with Crippen LogP contribution in [-0.4, -0.2) is 68.0 Å². The van der Waals surface area contributed by atoms with Gasteiger partial charge in [-0.1, -0.05) is 30.3 Å². The summed E-state index contributed by atoms with van der Waals surface area (Å²) in [6, 6.07) is 11.4. The van der Waals surface area contributed by atoms with Crippen LogP contribution < -0.4 is 0 Å². The summed E-state index contributed by atoms with van der Waals surface area (Å²) in [5.41, 5.74) is 2.97. The summed E-state index contributed by atoms with van der Waals surface area (Å²) in [7, 11) is 1.86. The lowest BCUT2D eigenvalue weighted by molar-refractivity contribution is -0.145. The van der Waals surface area contributed by atoms with Gasteiger partial charge in [0.2, 0.25) is 5.78 Å². The molecule has 2 aromatic heterocycles. The van der Waals surface area contributed by atoms with Crippen molar-refractivity contribution in [2.75, 3.05) is 26.7 Å². The number of carboxylic acid groups (broad SMARTS) is 1. The number of likely N-dealkylation sites (N-methyl/N-ethyl adjacent to an activating group) is 1. The van der Waals surface area contributed by atoms with E-state index in [2.05, 4.69) is 9.88 Å². The maximum atomic E-state index is 11.5. The first kappa shape index (κ1) is 16.7. The van der Waals surface area contributed by atoms with E-state index in [1.54, 1.807) is 6.20 Å². The molecule has 3 heterocycles. The topological polar surface area (TPSA) is 74.0 Å². The highest BCUT2D eigenvalue weighted by atomic mass is 16.4. The van der Waals surface area contributed by atoms with Crippen molar-refractivity contribution < 1.29 is 9.90 Å². The minimum Gasteiger partial charge on any atom is -0.480 e. The third kappa shape index (κ3) is 3.07. The number of rotatable bonds is 4. The van der Waals surface area contributed by atoms with Crippen LogP contribution in [0.4, 0.5) is 0 Å². The van der Waals surface area contributed by atoms with Gasteiger partial charge < -0.3 is 5.11 Å². The van der Waals surface area contributed by atoms with Gasteiger partial charge in [0, 0.05) is 44.1 Å². The quantitative estimate of drug-likeness (QED) is 0.770. The molecule has 1 saturated heterocycles. The minimum absolute atomic E-state index is 0.485. The van der Waals surface area contributed by atoms with Crippen LogP contribution in [0.2, 0.25) is 0 Å². The van der Waals surface area contributed by atoms with Crippen LogP contribution in [0.5, 0.6) is 0 Å². The Morgan fingerprint density at radius 2 is 2.04 bits per heavy atom. The highest BCUT2D eigenvalue weighted by molar-refractivity contribution is 5.74. The summed E-state index contributed by atoms with van der Waals surface area (Å²) >= 11 is 0. The number of imidazole rings is 1. The molecule has 1 N–H and O–H groups in total. The van der Waals surface area contributed by atoms with Crippen LogP contribution in [0.3, 0.4) is 0 Å². The molecule has 0 unspecified atom stereocenters. The highest BCUT2D eigenvalue weighted by Gasteiger charge is 2.30. The van der Waals surface area contributed by atoms with Crippen molar-refractivity contribution in [2.24, 2.45) is 0 Å². The van der Waals surface area contributed by atoms with Gasteiger partial charge in [-0.2, -0.15) is 0 Å². The van der Waals surface area contributed by atoms with E-state index in [1.807, 2.05) is 58.9 Å². The summed E-state index contributed by atoms with van der Waals surface area (Å²) in [6.07, 6.45) is 3.69. The van der Waals surface area contributed by atoms with Gasteiger partial charge in [0.15, 0.2) is 0 Å². The summed E-state index contributed by atoms with van der Waals surface area (Å²) in [5.74, 6) is -0.120. The maximum absolute atomic E-state index is 11.5. The average Bonchev–Trinajstić information content (AvgIpc) is 3.02. The van der Waals surface area contributed by atoms with Gasteiger partial charge in [-0.3, -0.25) is 19.0 Å². The van der Waals surface area contributed by atoms with Crippen LogP contribution in [0.15, 0.2) is 48.8 Å². The molecule has 1 fully saturated rings. The molecule has 0 radical (unpaired) electrons. The lowest BCUT2D eigenvalue weighted by Gasteiger charge is -2.37. The van der Waals surface area contributed by atoms with E-state index in [4.69, 9.17) is 4.98 Å². The molecule has 0 saturated carbocycles. The molecule has 3 aromatic rings. The molecule has 1 atom stereocenters. The molecule has 26 heavy (non-hydrogen) atoms. The van der Waals surface area contributed by atoms with Crippen molar-refractivity contribution in [3.63, 3.8) is 0 Å².